The van der Waals surface area contributed by atoms with Gasteiger partial charge in [0.15, 0.2) is 6.04 Å². The first-order chi connectivity index (χ1) is 13.8. The Bertz CT molecular complexity index is 882. The Labute approximate surface area is 170 Å². The summed E-state index contributed by atoms with van der Waals surface area (Å²) in [5.74, 6) is -1.70. The van der Waals surface area contributed by atoms with Gasteiger partial charge in [0, 0.05) is 24.6 Å². The van der Waals surface area contributed by atoms with Crippen LogP contribution in [-0.2, 0) is 9.59 Å². The second-order valence-corrected chi connectivity index (χ2v) is 7.63. The molecular formula is C23H26N2O4. The third kappa shape index (κ3) is 5.02. The number of aliphatic carboxylic acids is 1. The first kappa shape index (κ1) is 20.6. The minimum atomic E-state index is -1.08. The van der Waals surface area contributed by atoms with Crippen molar-refractivity contribution < 1.29 is 19.5 Å². The van der Waals surface area contributed by atoms with E-state index in [1.54, 1.807) is 29.2 Å². The number of likely N-dealkylation sites (tertiary alicyclic amines) is 1. The Kier molecular flexibility index (Phi) is 6.32. The third-order valence-electron chi connectivity index (χ3n) is 5.28. The van der Waals surface area contributed by atoms with Crippen LogP contribution in [0.25, 0.3) is 0 Å². The number of carbonyl (C=O) groups is 3. The minimum Gasteiger partial charge on any atom is -0.479 e. The normalized spacial score (nSPS) is 15.6. The summed E-state index contributed by atoms with van der Waals surface area (Å²) in [4.78, 5) is 38.8. The smallest absolute Gasteiger partial charge is 0.330 e. The predicted octanol–water partition coefficient (Wildman–Crippen LogP) is 3.10. The Hall–Kier alpha value is -3.15. The Morgan fingerprint density at radius 3 is 2.14 bits per heavy atom. The standard InChI is InChI=1S/C23H26N2O4/c1-15-12-16(2)14-19(13-15)20(23(28)29)24-21(26)17-8-10-25(11-9-17)22(27)18-6-4-3-5-7-18/h3-7,12-14,17,20H,8-11H2,1-2H3,(H,24,26)(H,28,29). The molecule has 1 saturated heterocycles. The van der Waals surface area contributed by atoms with Gasteiger partial charge < -0.3 is 15.3 Å². The summed E-state index contributed by atoms with van der Waals surface area (Å²) in [5, 5.41) is 12.3. The molecule has 2 amide bonds. The van der Waals surface area contributed by atoms with Gasteiger partial charge in [0.05, 0.1) is 0 Å². The van der Waals surface area contributed by atoms with Crippen LogP contribution < -0.4 is 5.32 Å². The fraction of sp³-hybridized carbons (Fsp3) is 0.348. The lowest BCUT2D eigenvalue weighted by Gasteiger charge is -2.32. The molecule has 1 unspecified atom stereocenters. The lowest BCUT2D eigenvalue weighted by atomic mass is 9.94. The number of hydrogen-bond donors (Lipinski definition) is 2. The van der Waals surface area contributed by atoms with Gasteiger partial charge in [-0.05, 0) is 44.4 Å². The van der Waals surface area contributed by atoms with Crippen molar-refractivity contribution in [3.05, 3.63) is 70.8 Å². The summed E-state index contributed by atoms with van der Waals surface area (Å²) in [6.45, 7) is 4.76. The molecule has 6 heteroatoms. The highest BCUT2D eigenvalue weighted by Gasteiger charge is 2.31. The molecule has 2 aromatic carbocycles. The lowest BCUT2D eigenvalue weighted by Crippen LogP contribution is -2.44. The Morgan fingerprint density at radius 1 is 1.00 bits per heavy atom. The van der Waals surface area contributed by atoms with Gasteiger partial charge in [-0.1, -0.05) is 47.5 Å². The highest BCUT2D eigenvalue weighted by atomic mass is 16.4. The van der Waals surface area contributed by atoms with Crippen molar-refractivity contribution in [1.29, 1.82) is 0 Å². The van der Waals surface area contributed by atoms with E-state index >= 15 is 0 Å². The molecule has 1 aliphatic heterocycles. The van der Waals surface area contributed by atoms with Crippen molar-refractivity contribution in [2.75, 3.05) is 13.1 Å². The Morgan fingerprint density at radius 2 is 1.59 bits per heavy atom. The molecule has 0 aromatic heterocycles. The monoisotopic (exact) mass is 394 g/mol. The molecule has 6 nitrogen and oxygen atoms in total. The van der Waals surface area contributed by atoms with Gasteiger partial charge >= 0.3 is 5.97 Å². The first-order valence-electron chi connectivity index (χ1n) is 9.81. The lowest BCUT2D eigenvalue weighted by molar-refractivity contribution is -0.143. The number of aryl methyl sites for hydroxylation is 2. The second-order valence-electron chi connectivity index (χ2n) is 7.63. The van der Waals surface area contributed by atoms with E-state index in [4.69, 9.17) is 0 Å². The molecule has 2 N–H and O–H groups in total. The third-order valence-corrected chi connectivity index (χ3v) is 5.28. The van der Waals surface area contributed by atoms with Gasteiger partial charge in [0.2, 0.25) is 5.91 Å². The van der Waals surface area contributed by atoms with Crippen molar-refractivity contribution >= 4 is 17.8 Å². The van der Waals surface area contributed by atoms with E-state index in [2.05, 4.69) is 5.32 Å². The van der Waals surface area contributed by atoms with E-state index in [0.29, 0.717) is 37.1 Å². The molecule has 3 rings (SSSR count). The van der Waals surface area contributed by atoms with Crippen LogP contribution in [0.1, 0.15) is 45.9 Å². The Balaban J connectivity index is 1.62. The van der Waals surface area contributed by atoms with Crippen molar-refractivity contribution in [3.8, 4) is 0 Å². The van der Waals surface area contributed by atoms with Crippen molar-refractivity contribution in [2.45, 2.75) is 32.7 Å². The highest BCUT2D eigenvalue weighted by molar-refractivity contribution is 5.94. The topological polar surface area (TPSA) is 86.7 Å². The number of rotatable bonds is 5. The summed E-state index contributed by atoms with van der Waals surface area (Å²) in [6, 6.07) is 13.5. The number of carboxylic acids is 1. The average Bonchev–Trinajstić information content (AvgIpc) is 2.71. The maximum atomic E-state index is 12.7. The van der Waals surface area contributed by atoms with Crippen LogP contribution in [0.3, 0.4) is 0 Å². The number of benzene rings is 2. The minimum absolute atomic E-state index is 0.0388. The molecule has 2 aromatic rings. The van der Waals surface area contributed by atoms with E-state index in [1.165, 1.54) is 0 Å². The second kappa shape index (κ2) is 8.90. The predicted molar refractivity (Wildman–Crippen MR) is 110 cm³/mol. The average molecular weight is 394 g/mol. The molecule has 0 bridgehead atoms. The van der Waals surface area contributed by atoms with E-state index in [1.807, 2.05) is 38.1 Å². The van der Waals surface area contributed by atoms with Gasteiger partial charge in [0.1, 0.15) is 0 Å². The van der Waals surface area contributed by atoms with Crippen LogP contribution in [0.15, 0.2) is 48.5 Å². The van der Waals surface area contributed by atoms with Crippen LogP contribution in [-0.4, -0.2) is 40.9 Å². The summed E-state index contributed by atoms with van der Waals surface area (Å²) in [7, 11) is 0. The van der Waals surface area contributed by atoms with Crippen LogP contribution in [0, 0.1) is 19.8 Å². The fourth-order valence-electron chi connectivity index (χ4n) is 3.83. The number of nitrogens with one attached hydrogen (secondary N) is 1. The van der Waals surface area contributed by atoms with Gasteiger partial charge in [0.25, 0.3) is 5.91 Å². The SMILES string of the molecule is Cc1cc(C)cc(C(NC(=O)C2CCN(C(=O)c3ccccc3)CC2)C(=O)O)c1. The number of amides is 2. The zero-order valence-corrected chi connectivity index (χ0v) is 16.7. The van der Waals surface area contributed by atoms with E-state index in [0.717, 1.165) is 11.1 Å². The summed E-state index contributed by atoms with van der Waals surface area (Å²) in [6.07, 6.45) is 1.03. The van der Waals surface area contributed by atoms with Gasteiger partial charge in [-0.15, -0.1) is 0 Å². The zero-order valence-electron chi connectivity index (χ0n) is 16.7. The van der Waals surface area contributed by atoms with Crippen molar-refractivity contribution in [2.24, 2.45) is 5.92 Å². The number of piperidine rings is 1. The van der Waals surface area contributed by atoms with Crippen LogP contribution in [0.2, 0.25) is 0 Å². The van der Waals surface area contributed by atoms with E-state index < -0.39 is 12.0 Å². The van der Waals surface area contributed by atoms with Crippen molar-refractivity contribution in [1.82, 2.24) is 10.2 Å². The largest absolute Gasteiger partial charge is 0.479 e. The summed E-state index contributed by atoms with van der Waals surface area (Å²) < 4.78 is 0. The zero-order chi connectivity index (χ0) is 21.0. The van der Waals surface area contributed by atoms with Crippen LogP contribution in [0.5, 0.6) is 0 Å². The molecule has 1 atom stereocenters. The summed E-state index contributed by atoms with van der Waals surface area (Å²) >= 11 is 0. The molecule has 1 fully saturated rings. The van der Waals surface area contributed by atoms with E-state index in [-0.39, 0.29) is 17.7 Å². The molecule has 0 saturated carbocycles. The molecule has 152 valence electrons. The van der Waals surface area contributed by atoms with Gasteiger partial charge in [-0.2, -0.15) is 0 Å². The number of nitrogens with zero attached hydrogens (tertiary/aromatic N) is 1. The van der Waals surface area contributed by atoms with Gasteiger partial charge in [-0.25, -0.2) is 4.79 Å². The molecule has 0 radical (unpaired) electrons. The molecule has 1 heterocycles. The van der Waals surface area contributed by atoms with Crippen LogP contribution in [0.4, 0.5) is 0 Å². The summed E-state index contributed by atoms with van der Waals surface area (Å²) in [5.41, 5.74) is 3.11. The number of hydrogen-bond acceptors (Lipinski definition) is 3. The molecule has 0 spiro atoms. The molecule has 0 aliphatic carbocycles. The van der Waals surface area contributed by atoms with Crippen LogP contribution >= 0.6 is 0 Å². The molecule has 1 aliphatic rings. The fourth-order valence-corrected chi connectivity index (χ4v) is 3.83. The maximum Gasteiger partial charge on any atom is 0.330 e. The quantitative estimate of drug-likeness (QED) is 0.816. The first-order valence-corrected chi connectivity index (χ1v) is 9.81. The molecule has 29 heavy (non-hydrogen) atoms. The molecular weight excluding hydrogens is 368 g/mol. The maximum absolute atomic E-state index is 12.7. The highest BCUT2D eigenvalue weighted by Crippen LogP contribution is 2.22. The number of carboxylic acid groups (broad SMARTS) is 1. The van der Waals surface area contributed by atoms with Crippen molar-refractivity contribution in [3.63, 3.8) is 0 Å². The number of carbonyl (C=O) groups excluding carboxylic acids is 2. The van der Waals surface area contributed by atoms with Gasteiger partial charge in [-0.3, -0.25) is 9.59 Å². The van der Waals surface area contributed by atoms with E-state index in [9.17, 15) is 19.5 Å².